The van der Waals surface area contributed by atoms with E-state index in [0.717, 1.165) is 0 Å². The average molecular weight is 397 g/mol. The summed E-state index contributed by atoms with van der Waals surface area (Å²) in [7, 11) is 0. The first kappa shape index (κ1) is 21.6. The summed E-state index contributed by atoms with van der Waals surface area (Å²) in [4.78, 5) is 24.2. The van der Waals surface area contributed by atoms with Gasteiger partial charge in [0.1, 0.15) is 17.2 Å². The SMILES string of the molecule is CCOc1ccc(O[C@H](C)C(=O)NNC(=O)[C@@H](C)Oc2ccc(C#N)cc2)cc1. The lowest BCUT2D eigenvalue weighted by Crippen LogP contribution is -2.50. The Balaban J connectivity index is 1.78. The summed E-state index contributed by atoms with van der Waals surface area (Å²) in [6.07, 6.45) is -1.69. The summed E-state index contributed by atoms with van der Waals surface area (Å²) in [6.45, 7) is 5.56. The Morgan fingerprint density at radius 3 is 1.69 bits per heavy atom. The van der Waals surface area contributed by atoms with Gasteiger partial charge >= 0.3 is 0 Å². The van der Waals surface area contributed by atoms with Gasteiger partial charge in [0.15, 0.2) is 12.2 Å². The summed E-state index contributed by atoms with van der Waals surface area (Å²) in [5.41, 5.74) is 5.10. The molecule has 0 unspecified atom stereocenters. The molecule has 0 fully saturated rings. The minimum atomic E-state index is -0.856. The van der Waals surface area contributed by atoms with E-state index in [9.17, 15) is 9.59 Å². The molecule has 152 valence electrons. The molecule has 2 rings (SSSR count). The van der Waals surface area contributed by atoms with E-state index in [2.05, 4.69) is 10.9 Å². The van der Waals surface area contributed by atoms with E-state index in [-0.39, 0.29) is 0 Å². The monoisotopic (exact) mass is 397 g/mol. The Morgan fingerprint density at radius 1 is 0.862 bits per heavy atom. The second kappa shape index (κ2) is 10.6. The maximum Gasteiger partial charge on any atom is 0.279 e. The summed E-state index contributed by atoms with van der Waals surface area (Å²) < 4.78 is 16.4. The van der Waals surface area contributed by atoms with Crippen molar-refractivity contribution in [1.82, 2.24) is 10.9 Å². The fraction of sp³-hybridized carbons (Fsp3) is 0.286. The fourth-order valence-corrected chi connectivity index (χ4v) is 2.23. The minimum Gasteiger partial charge on any atom is -0.494 e. The quantitative estimate of drug-likeness (QED) is 0.662. The molecule has 0 saturated heterocycles. The molecular weight excluding hydrogens is 374 g/mol. The maximum atomic E-state index is 12.1. The summed E-state index contributed by atoms with van der Waals surface area (Å²) in [5.74, 6) is 0.597. The first-order valence-corrected chi connectivity index (χ1v) is 9.09. The number of nitrogens with one attached hydrogen (secondary N) is 2. The molecule has 0 saturated carbocycles. The number of rotatable bonds is 8. The molecule has 2 aromatic rings. The van der Waals surface area contributed by atoms with Crippen molar-refractivity contribution < 1.29 is 23.8 Å². The molecular formula is C21H23N3O5. The number of nitrogens with zero attached hydrogens (tertiary/aromatic N) is 1. The van der Waals surface area contributed by atoms with Crippen LogP contribution < -0.4 is 25.1 Å². The highest BCUT2D eigenvalue weighted by molar-refractivity contribution is 5.86. The lowest BCUT2D eigenvalue weighted by molar-refractivity contribution is -0.135. The number of hydrazine groups is 1. The van der Waals surface area contributed by atoms with E-state index < -0.39 is 24.0 Å². The highest BCUT2D eigenvalue weighted by Gasteiger charge is 2.19. The molecule has 0 heterocycles. The predicted octanol–water partition coefficient (Wildman–Crippen LogP) is 2.34. The van der Waals surface area contributed by atoms with Crippen molar-refractivity contribution >= 4 is 11.8 Å². The Bertz CT molecular complexity index is 859. The topological polar surface area (TPSA) is 110 Å². The molecule has 0 aliphatic carbocycles. The first-order chi connectivity index (χ1) is 13.9. The van der Waals surface area contributed by atoms with E-state index in [0.29, 0.717) is 29.4 Å². The van der Waals surface area contributed by atoms with Crippen molar-refractivity contribution in [2.45, 2.75) is 33.0 Å². The molecule has 0 aromatic heterocycles. The standard InChI is InChI=1S/C21H23N3O5/c1-4-27-17-9-11-19(12-10-17)29-15(3)21(26)24-23-20(25)14(2)28-18-7-5-16(13-22)6-8-18/h5-12,14-15H,4H2,1-3H3,(H,23,25)(H,24,26)/t14-,15-/m1/s1. The molecule has 0 spiro atoms. The van der Waals surface area contributed by atoms with Crippen molar-refractivity contribution in [3.05, 3.63) is 54.1 Å². The normalized spacial score (nSPS) is 12.1. The highest BCUT2D eigenvalue weighted by Crippen LogP contribution is 2.18. The third-order valence-corrected chi connectivity index (χ3v) is 3.79. The zero-order chi connectivity index (χ0) is 21.2. The largest absolute Gasteiger partial charge is 0.494 e. The van der Waals surface area contributed by atoms with Crippen molar-refractivity contribution in [3.63, 3.8) is 0 Å². The van der Waals surface area contributed by atoms with Gasteiger partial charge in [-0.1, -0.05) is 0 Å². The Kier molecular flexibility index (Phi) is 7.86. The predicted molar refractivity (Wildman–Crippen MR) is 105 cm³/mol. The van der Waals surface area contributed by atoms with E-state index in [4.69, 9.17) is 19.5 Å². The van der Waals surface area contributed by atoms with Gasteiger partial charge < -0.3 is 14.2 Å². The Labute approximate surface area is 169 Å². The molecule has 0 bridgehead atoms. The van der Waals surface area contributed by atoms with Gasteiger partial charge in [-0.3, -0.25) is 20.4 Å². The van der Waals surface area contributed by atoms with Crippen molar-refractivity contribution in [1.29, 1.82) is 5.26 Å². The molecule has 29 heavy (non-hydrogen) atoms. The van der Waals surface area contributed by atoms with Crippen molar-refractivity contribution in [3.8, 4) is 23.3 Å². The number of amides is 2. The number of hydrogen-bond donors (Lipinski definition) is 2. The molecule has 2 N–H and O–H groups in total. The third kappa shape index (κ3) is 6.74. The number of benzene rings is 2. The summed E-state index contributed by atoms with van der Waals surface area (Å²) in [5, 5.41) is 8.78. The van der Waals surface area contributed by atoms with Crippen LogP contribution in [0.25, 0.3) is 0 Å². The molecule has 2 aromatic carbocycles. The number of nitriles is 1. The van der Waals surface area contributed by atoms with Crippen LogP contribution >= 0.6 is 0 Å². The number of carbonyl (C=O) groups is 2. The zero-order valence-electron chi connectivity index (χ0n) is 16.5. The third-order valence-electron chi connectivity index (χ3n) is 3.79. The van der Waals surface area contributed by atoms with Crippen LogP contribution in [-0.2, 0) is 9.59 Å². The lowest BCUT2D eigenvalue weighted by atomic mass is 10.2. The van der Waals surface area contributed by atoms with Gasteiger partial charge in [-0.25, -0.2) is 0 Å². The molecule has 8 nitrogen and oxygen atoms in total. The smallest absolute Gasteiger partial charge is 0.279 e. The van der Waals surface area contributed by atoms with E-state index in [1.165, 1.54) is 0 Å². The van der Waals surface area contributed by atoms with Crippen LogP contribution in [0.5, 0.6) is 17.2 Å². The van der Waals surface area contributed by atoms with Crippen LogP contribution in [-0.4, -0.2) is 30.6 Å². The maximum absolute atomic E-state index is 12.1. The molecule has 0 aliphatic rings. The molecule has 0 radical (unpaired) electrons. The van der Waals surface area contributed by atoms with Gasteiger partial charge in [0, 0.05) is 0 Å². The van der Waals surface area contributed by atoms with Crippen molar-refractivity contribution in [2.24, 2.45) is 0 Å². The molecule has 0 aliphatic heterocycles. The van der Waals surface area contributed by atoms with Crippen LogP contribution in [0.1, 0.15) is 26.3 Å². The molecule has 2 amide bonds. The number of ether oxygens (including phenoxy) is 3. The average Bonchev–Trinajstić information content (AvgIpc) is 2.73. The van der Waals surface area contributed by atoms with Gasteiger partial charge in [0.2, 0.25) is 0 Å². The summed E-state index contributed by atoms with van der Waals surface area (Å²) >= 11 is 0. The van der Waals surface area contributed by atoms with Gasteiger partial charge in [-0.2, -0.15) is 5.26 Å². The van der Waals surface area contributed by atoms with Crippen LogP contribution in [0.2, 0.25) is 0 Å². The minimum absolute atomic E-state index is 0.435. The first-order valence-electron chi connectivity index (χ1n) is 9.09. The van der Waals surface area contributed by atoms with Crippen LogP contribution in [0, 0.1) is 11.3 Å². The fourth-order valence-electron chi connectivity index (χ4n) is 2.23. The van der Waals surface area contributed by atoms with Crippen LogP contribution in [0.3, 0.4) is 0 Å². The van der Waals surface area contributed by atoms with Crippen molar-refractivity contribution in [2.75, 3.05) is 6.61 Å². The van der Waals surface area contributed by atoms with Crippen LogP contribution in [0.4, 0.5) is 0 Å². The van der Waals surface area contributed by atoms with E-state index >= 15 is 0 Å². The Hall–Kier alpha value is -3.73. The summed E-state index contributed by atoms with van der Waals surface area (Å²) in [6, 6.07) is 15.2. The Morgan fingerprint density at radius 2 is 1.28 bits per heavy atom. The number of hydrogen-bond acceptors (Lipinski definition) is 6. The van der Waals surface area contributed by atoms with E-state index in [1.807, 2.05) is 13.0 Å². The van der Waals surface area contributed by atoms with Gasteiger partial charge in [0.05, 0.1) is 18.2 Å². The van der Waals surface area contributed by atoms with Gasteiger partial charge in [-0.15, -0.1) is 0 Å². The second-order valence-corrected chi connectivity index (χ2v) is 6.04. The van der Waals surface area contributed by atoms with E-state index in [1.54, 1.807) is 62.4 Å². The molecule has 2 atom stereocenters. The lowest BCUT2D eigenvalue weighted by Gasteiger charge is -2.18. The van der Waals surface area contributed by atoms with Gasteiger partial charge in [0.25, 0.3) is 11.8 Å². The molecule has 8 heteroatoms. The number of carbonyl (C=O) groups excluding carboxylic acids is 2. The highest BCUT2D eigenvalue weighted by atomic mass is 16.5. The zero-order valence-corrected chi connectivity index (χ0v) is 16.5. The second-order valence-electron chi connectivity index (χ2n) is 6.04. The van der Waals surface area contributed by atoms with Gasteiger partial charge in [-0.05, 0) is 69.3 Å². The van der Waals surface area contributed by atoms with Crippen LogP contribution in [0.15, 0.2) is 48.5 Å².